The third-order valence-corrected chi connectivity index (χ3v) is 6.89. The van der Waals surface area contributed by atoms with Crippen molar-refractivity contribution in [1.82, 2.24) is 4.98 Å². The fourth-order valence-electron chi connectivity index (χ4n) is 3.11. The summed E-state index contributed by atoms with van der Waals surface area (Å²) in [5, 5.41) is 2.78. The van der Waals surface area contributed by atoms with E-state index in [4.69, 9.17) is 16.0 Å². The summed E-state index contributed by atoms with van der Waals surface area (Å²) in [6.07, 6.45) is 0. The second-order valence-corrected chi connectivity index (χ2v) is 9.34. The van der Waals surface area contributed by atoms with Gasteiger partial charge in [0, 0.05) is 19.7 Å². The molecule has 0 aliphatic heterocycles. The first kappa shape index (κ1) is 21.8. The molecule has 1 N–H and O–H groups in total. The Bertz CT molecular complexity index is 1440. The summed E-state index contributed by atoms with van der Waals surface area (Å²) in [6, 6.07) is 13.8. The number of rotatable bonds is 5. The lowest BCUT2D eigenvalue weighted by Crippen LogP contribution is -2.27. The lowest BCUT2D eigenvalue weighted by atomic mass is 10.2. The Morgan fingerprint density at radius 1 is 1.09 bits per heavy atom. The number of nitrogens with zero attached hydrogens (tertiary/aromatic N) is 2. The predicted octanol–water partition coefficient (Wildman–Crippen LogP) is 5.01. The molecule has 1 heterocycles. The smallest absolute Gasteiger partial charge is 0.264 e. The standard InChI is InChI=1S/C22H17ClFN3O4S/c1-13-25-20-11-15(5-10-21(20)31-13)26-22(28)18-12-17(8-9-19(18)23)32(29,30)27(2)16-6-3-14(24)4-7-16/h3-12H,1-2H3,(H,26,28). The highest BCUT2D eigenvalue weighted by molar-refractivity contribution is 7.92. The van der Waals surface area contributed by atoms with Gasteiger partial charge in [-0.3, -0.25) is 9.10 Å². The van der Waals surface area contributed by atoms with Crippen LogP contribution in [0.5, 0.6) is 0 Å². The van der Waals surface area contributed by atoms with Gasteiger partial charge in [-0.05, 0) is 60.7 Å². The number of anilines is 2. The topological polar surface area (TPSA) is 92.5 Å². The minimum atomic E-state index is -4.03. The zero-order chi connectivity index (χ0) is 23.0. The fourth-order valence-corrected chi connectivity index (χ4v) is 4.53. The third kappa shape index (κ3) is 4.17. The molecule has 0 saturated carbocycles. The van der Waals surface area contributed by atoms with Gasteiger partial charge in [-0.25, -0.2) is 17.8 Å². The zero-order valence-electron chi connectivity index (χ0n) is 17.0. The van der Waals surface area contributed by atoms with Gasteiger partial charge in [0.25, 0.3) is 15.9 Å². The van der Waals surface area contributed by atoms with Gasteiger partial charge in [0.1, 0.15) is 11.3 Å². The highest BCUT2D eigenvalue weighted by atomic mass is 35.5. The van der Waals surface area contributed by atoms with Crippen molar-refractivity contribution in [2.24, 2.45) is 0 Å². The second-order valence-electron chi connectivity index (χ2n) is 6.96. The Balaban J connectivity index is 1.63. The van der Waals surface area contributed by atoms with E-state index in [1.165, 1.54) is 37.4 Å². The summed E-state index contributed by atoms with van der Waals surface area (Å²) in [6.45, 7) is 1.72. The normalized spacial score (nSPS) is 11.5. The van der Waals surface area contributed by atoms with E-state index in [0.717, 1.165) is 16.4 Å². The van der Waals surface area contributed by atoms with E-state index in [9.17, 15) is 17.6 Å². The maximum absolute atomic E-state index is 13.2. The minimum Gasteiger partial charge on any atom is -0.441 e. The molecular formula is C22H17ClFN3O4S. The molecule has 0 fully saturated rings. The van der Waals surface area contributed by atoms with Crippen LogP contribution in [0.2, 0.25) is 5.02 Å². The van der Waals surface area contributed by atoms with Crippen molar-refractivity contribution in [2.45, 2.75) is 11.8 Å². The summed E-state index contributed by atoms with van der Waals surface area (Å²) in [5.74, 6) is -0.574. The molecule has 0 aliphatic carbocycles. The molecule has 0 bridgehead atoms. The number of halogens is 2. The first-order valence-electron chi connectivity index (χ1n) is 9.38. The van der Waals surface area contributed by atoms with E-state index >= 15 is 0 Å². The maximum Gasteiger partial charge on any atom is 0.264 e. The van der Waals surface area contributed by atoms with Crippen LogP contribution in [0.4, 0.5) is 15.8 Å². The van der Waals surface area contributed by atoms with Gasteiger partial charge in [0.15, 0.2) is 11.5 Å². The number of amides is 1. The summed E-state index contributed by atoms with van der Waals surface area (Å²) in [4.78, 5) is 16.9. The molecule has 7 nitrogen and oxygen atoms in total. The average molecular weight is 474 g/mol. The van der Waals surface area contributed by atoms with E-state index in [0.29, 0.717) is 22.7 Å². The van der Waals surface area contributed by atoms with E-state index in [2.05, 4.69) is 10.3 Å². The number of aryl methyl sites for hydroxylation is 1. The third-order valence-electron chi connectivity index (χ3n) is 4.78. The first-order chi connectivity index (χ1) is 15.1. The Morgan fingerprint density at radius 2 is 1.81 bits per heavy atom. The molecule has 0 saturated heterocycles. The largest absolute Gasteiger partial charge is 0.441 e. The van der Waals surface area contributed by atoms with E-state index in [1.54, 1.807) is 25.1 Å². The van der Waals surface area contributed by atoms with Gasteiger partial charge < -0.3 is 9.73 Å². The van der Waals surface area contributed by atoms with Crippen LogP contribution in [0.15, 0.2) is 70.0 Å². The molecule has 32 heavy (non-hydrogen) atoms. The number of carbonyl (C=O) groups excluding carboxylic acids is 1. The predicted molar refractivity (Wildman–Crippen MR) is 120 cm³/mol. The number of sulfonamides is 1. The monoisotopic (exact) mass is 473 g/mol. The molecular weight excluding hydrogens is 457 g/mol. The fraction of sp³-hybridized carbons (Fsp3) is 0.0909. The van der Waals surface area contributed by atoms with Crippen LogP contribution in [0.25, 0.3) is 11.1 Å². The molecule has 1 amide bonds. The van der Waals surface area contributed by atoms with Gasteiger partial charge in [0.05, 0.1) is 21.2 Å². The molecule has 4 aromatic rings. The Hall–Kier alpha value is -3.43. The Morgan fingerprint density at radius 3 is 2.53 bits per heavy atom. The SMILES string of the molecule is Cc1nc2cc(NC(=O)c3cc(S(=O)(=O)N(C)c4ccc(F)cc4)ccc3Cl)ccc2o1. The van der Waals surface area contributed by atoms with Crippen LogP contribution in [0, 0.1) is 12.7 Å². The number of fused-ring (bicyclic) bond motifs is 1. The van der Waals surface area contributed by atoms with Crippen molar-refractivity contribution in [2.75, 3.05) is 16.7 Å². The first-order valence-corrected chi connectivity index (χ1v) is 11.2. The Kier molecular flexibility index (Phi) is 5.62. The van der Waals surface area contributed by atoms with Crippen molar-refractivity contribution in [3.63, 3.8) is 0 Å². The number of benzene rings is 3. The van der Waals surface area contributed by atoms with Crippen LogP contribution < -0.4 is 9.62 Å². The van der Waals surface area contributed by atoms with Gasteiger partial charge in [-0.15, -0.1) is 0 Å². The second kappa shape index (κ2) is 8.25. The van der Waals surface area contributed by atoms with Gasteiger partial charge in [0.2, 0.25) is 0 Å². The molecule has 10 heteroatoms. The Labute approximate surface area is 188 Å². The van der Waals surface area contributed by atoms with Gasteiger partial charge in [-0.2, -0.15) is 0 Å². The van der Waals surface area contributed by atoms with E-state index in [1.807, 2.05) is 0 Å². The van der Waals surface area contributed by atoms with E-state index in [-0.39, 0.29) is 21.2 Å². The zero-order valence-corrected chi connectivity index (χ0v) is 18.5. The summed E-state index contributed by atoms with van der Waals surface area (Å²) >= 11 is 6.18. The van der Waals surface area contributed by atoms with Crippen LogP contribution >= 0.6 is 11.6 Å². The maximum atomic E-state index is 13.2. The van der Waals surface area contributed by atoms with Crippen LogP contribution in [-0.2, 0) is 10.0 Å². The highest BCUT2D eigenvalue weighted by Crippen LogP contribution is 2.27. The molecule has 3 aromatic carbocycles. The number of aromatic nitrogens is 1. The quantitative estimate of drug-likeness (QED) is 0.440. The molecule has 1 aromatic heterocycles. The lowest BCUT2D eigenvalue weighted by Gasteiger charge is -2.20. The summed E-state index contributed by atoms with van der Waals surface area (Å²) in [7, 11) is -2.69. The molecule has 0 spiro atoms. The van der Waals surface area contributed by atoms with Crippen molar-refractivity contribution < 1.29 is 22.0 Å². The summed E-state index contributed by atoms with van der Waals surface area (Å²) in [5.41, 5.74) is 1.85. The molecule has 0 aliphatic rings. The van der Waals surface area contributed by atoms with E-state index < -0.39 is 21.7 Å². The molecule has 4 rings (SSSR count). The highest BCUT2D eigenvalue weighted by Gasteiger charge is 2.24. The van der Waals surface area contributed by atoms with Crippen LogP contribution in [0.3, 0.4) is 0 Å². The number of carbonyl (C=O) groups is 1. The van der Waals surface area contributed by atoms with Crippen molar-refractivity contribution >= 4 is 50.0 Å². The van der Waals surface area contributed by atoms with Crippen LogP contribution in [0.1, 0.15) is 16.2 Å². The van der Waals surface area contributed by atoms with Crippen LogP contribution in [-0.4, -0.2) is 26.4 Å². The average Bonchev–Trinajstić information content (AvgIpc) is 3.13. The number of hydrogen-bond donors (Lipinski definition) is 1. The van der Waals surface area contributed by atoms with Crippen molar-refractivity contribution in [3.8, 4) is 0 Å². The molecule has 0 unspecified atom stereocenters. The number of hydrogen-bond acceptors (Lipinski definition) is 5. The molecule has 0 atom stereocenters. The summed E-state index contributed by atoms with van der Waals surface area (Å²) < 4.78 is 45.7. The number of oxazole rings is 1. The van der Waals surface area contributed by atoms with Crippen molar-refractivity contribution in [1.29, 1.82) is 0 Å². The molecule has 164 valence electrons. The number of nitrogens with one attached hydrogen (secondary N) is 1. The van der Waals surface area contributed by atoms with Gasteiger partial charge >= 0.3 is 0 Å². The lowest BCUT2D eigenvalue weighted by molar-refractivity contribution is 0.102. The van der Waals surface area contributed by atoms with Crippen molar-refractivity contribution in [3.05, 3.63) is 83.0 Å². The minimum absolute atomic E-state index is 0.0170. The van der Waals surface area contributed by atoms with Gasteiger partial charge in [-0.1, -0.05) is 11.6 Å². The molecule has 0 radical (unpaired) electrons.